The second kappa shape index (κ2) is 58.9. The monoisotopic (exact) mass is 972 g/mol. The Morgan fingerprint density at radius 1 is 0.391 bits per heavy atom. The van der Waals surface area contributed by atoms with Crippen molar-refractivity contribution < 1.29 is 24.5 Å². The minimum absolute atomic E-state index is 0.00698. The van der Waals surface area contributed by atoms with E-state index in [0.717, 1.165) is 44.9 Å². The number of aliphatic hydroxyl groups is 2. The van der Waals surface area contributed by atoms with Crippen molar-refractivity contribution in [3.8, 4) is 0 Å². The number of amides is 1. The second-order valence-electron chi connectivity index (χ2n) is 21.4. The molecule has 6 heteroatoms. The fraction of sp³-hybridized carbons (Fsp3) is 0.905. The van der Waals surface area contributed by atoms with Gasteiger partial charge in [0.1, 0.15) is 0 Å². The van der Waals surface area contributed by atoms with Gasteiger partial charge in [0.15, 0.2) is 0 Å². The third-order valence-corrected chi connectivity index (χ3v) is 14.5. The van der Waals surface area contributed by atoms with Gasteiger partial charge < -0.3 is 20.3 Å². The van der Waals surface area contributed by atoms with E-state index in [9.17, 15) is 19.8 Å². The molecule has 0 spiro atoms. The molecule has 69 heavy (non-hydrogen) atoms. The SMILES string of the molecule is CCCCCCCC/C=C\CCCCCCCCCC(=O)OCCCCCCCCCCCCCCCCCCCCCCC(=O)NC(CO)C(O)/C=C/CCCCCCCCCCCCCCC. The molecule has 0 radical (unpaired) electrons. The maximum atomic E-state index is 12.5. The Balaban J connectivity index is 3.40. The van der Waals surface area contributed by atoms with Crippen LogP contribution in [0.1, 0.15) is 341 Å². The molecule has 0 aromatic heterocycles. The minimum Gasteiger partial charge on any atom is -0.466 e. The number of ether oxygens (including phenoxy) is 1. The van der Waals surface area contributed by atoms with Gasteiger partial charge in [-0.05, 0) is 57.8 Å². The predicted octanol–water partition coefficient (Wildman–Crippen LogP) is 19.4. The summed E-state index contributed by atoms with van der Waals surface area (Å²) in [7, 11) is 0. The fourth-order valence-corrected chi connectivity index (χ4v) is 9.69. The van der Waals surface area contributed by atoms with Crippen LogP contribution in [-0.4, -0.2) is 47.4 Å². The van der Waals surface area contributed by atoms with Crippen molar-refractivity contribution in [2.75, 3.05) is 13.2 Å². The van der Waals surface area contributed by atoms with Crippen LogP contribution in [0.3, 0.4) is 0 Å². The van der Waals surface area contributed by atoms with Crippen LogP contribution in [0.5, 0.6) is 0 Å². The summed E-state index contributed by atoms with van der Waals surface area (Å²) in [6, 6.07) is -0.629. The van der Waals surface area contributed by atoms with Gasteiger partial charge >= 0.3 is 5.97 Å². The maximum Gasteiger partial charge on any atom is 0.305 e. The third kappa shape index (κ3) is 55.5. The highest BCUT2D eigenvalue weighted by Gasteiger charge is 2.18. The van der Waals surface area contributed by atoms with Crippen LogP contribution < -0.4 is 5.32 Å². The Labute approximate surface area is 431 Å². The van der Waals surface area contributed by atoms with Crippen LogP contribution in [0.4, 0.5) is 0 Å². The van der Waals surface area contributed by atoms with Gasteiger partial charge in [-0.15, -0.1) is 0 Å². The highest BCUT2D eigenvalue weighted by Crippen LogP contribution is 2.17. The fourth-order valence-electron chi connectivity index (χ4n) is 9.69. The quantitative estimate of drug-likeness (QED) is 0.0321. The van der Waals surface area contributed by atoms with Gasteiger partial charge in [0.05, 0.1) is 25.4 Å². The first-order valence-corrected chi connectivity index (χ1v) is 31.1. The molecular formula is C63H121NO5. The number of unbranched alkanes of at least 4 members (excludes halogenated alkanes) is 45. The number of carbonyl (C=O) groups is 2. The van der Waals surface area contributed by atoms with Crippen molar-refractivity contribution in [3.63, 3.8) is 0 Å². The zero-order valence-corrected chi connectivity index (χ0v) is 46.6. The van der Waals surface area contributed by atoms with E-state index in [1.165, 1.54) is 270 Å². The van der Waals surface area contributed by atoms with Gasteiger partial charge in [-0.2, -0.15) is 0 Å². The summed E-state index contributed by atoms with van der Waals surface area (Å²) in [5, 5.41) is 23.1. The Bertz CT molecular complexity index is 1080. The Morgan fingerprint density at radius 3 is 1.03 bits per heavy atom. The van der Waals surface area contributed by atoms with Crippen molar-refractivity contribution in [2.24, 2.45) is 0 Å². The number of hydrogen-bond acceptors (Lipinski definition) is 5. The van der Waals surface area contributed by atoms with Crippen LogP contribution in [0, 0.1) is 0 Å². The van der Waals surface area contributed by atoms with Gasteiger partial charge in [-0.1, -0.05) is 295 Å². The van der Waals surface area contributed by atoms with E-state index in [1.807, 2.05) is 6.08 Å². The molecule has 2 atom stereocenters. The average molecular weight is 973 g/mol. The Morgan fingerprint density at radius 2 is 0.681 bits per heavy atom. The molecular weight excluding hydrogens is 851 g/mol. The lowest BCUT2D eigenvalue weighted by molar-refractivity contribution is -0.143. The molecule has 408 valence electrons. The van der Waals surface area contributed by atoms with Crippen molar-refractivity contribution in [1.82, 2.24) is 5.32 Å². The van der Waals surface area contributed by atoms with Gasteiger partial charge in [-0.3, -0.25) is 9.59 Å². The molecule has 0 saturated carbocycles. The molecule has 0 aromatic rings. The van der Waals surface area contributed by atoms with Crippen molar-refractivity contribution in [1.29, 1.82) is 0 Å². The van der Waals surface area contributed by atoms with Crippen molar-refractivity contribution >= 4 is 11.9 Å². The van der Waals surface area contributed by atoms with Crippen molar-refractivity contribution in [3.05, 3.63) is 24.3 Å². The molecule has 0 saturated heterocycles. The highest BCUT2D eigenvalue weighted by molar-refractivity contribution is 5.76. The number of nitrogens with one attached hydrogen (secondary N) is 1. The highest BCUT2D eigenvalue weighted by atomic mass is 16.5. The molecule has 2 unspecified atom stereocenters. The topological polar surface area (TPSA) is 95.9 Å². The van der Waals surface area contributed by atoms with Crippen LogP contribution in [0.15, 0.2) is 24.3 Å². The summed E-state index contributed by atoms with van der Waals surface area (Å²) in [5.74, 6) is -0.0612. The Kier molecular flexibility index (Phi) is 57.5. The summed E-state index contributed by atoms with van der Waals surface area (Å²) in [5.41, 5.74) is 0. The molecule has 0 aromatic carbocycles. The predicted molar refractivity (Wildman–Crippen MR) is 301 cm³/mol. The number of carbonyl (C=O) groups excluding carboxylic acids is 2. The summed E-state index contributed by atoms with van der Waals surface area (Å²) >= 11 is 0. The molecule has 0 aliphatic heterocycles. The molecule has 0 aliphatic carbocycles. The van der Waals surface area contributed by atoms with Crippen LogP contribution in [0.2, 0.25) is 0 Å². The van der Waals surface area contributed by atoms with E-state index in [2.05, 4.69) is 31.3 Å². The molecule has 3 N–H and O–H groups in total. The smallest absolute Gasteiger partial charge is 0.305 e. The third-order valence-electron chi connectivity index (χ3n) is 14.5. The average Bonchev–Trinajstić information content (AvgIpc) is 3.35. The lowest BCUT2D eigenvalue weighted by atomic mass is 10.0. The van der Waals surface area contributed by atoms with Gasteiger partial charge in [-0.25, -0.2) is 0 Å². The largest absolute Gasteiger partial charge is 0.466 e. The van der Waals surface area contributed by atoms with Crippen LogP contribution >= 0.6 is 0 Å². The number of hydrogen-bond donors (Lipinski definition) is 3. The molecule has 6 nitrogen and oxygen atoms in total. The van der Waals surface area contributed by atoms with E-state index in [1.54, 1.807) is 6.08 Å². The summed E-state index contributed by atoms with van der Waals surface area (Å²) in [6.07, 6.45) is 72.1. The van der Waals surface area contributed by atoms with Crippen LogP contribution in [0.25, 0.3) is 0 Å². The van der Waals surface area contributed by atoms with E-state index in [-0.39, 0.29) is 18.5 Å². The first-order chi connectivity index (χ1) is 34.0. The Hall–Kier alpha value is -1.66. The van der Waals surface area contributed by atoms with Gasteiger partial charge in [0.2, 0.25) is 5.91 Å². The normalized spacial score (nSPS) is 12.7. The lowest BCUT2D eigenvalue weighted by Gasteiger charge is -2.20. The first-order valence-electron chi connectivity index (χ1n) is 31.1. The second-order valence-corrected chi connectivity index (χ2v) is 21.4. The molecule has 1 amide bonds. The number of allylic oxidation sites excluding steroid dienone is 3. The first kappa shape index (κ1) is 67.3. The lowest BCUT2D eigenvalue weighted by Crippen LogP contribution is -2.45. The summed E-state index contributed by atoms with van der Waals surface area (Å²) < 4.78 is 5.49. The van der Waals surface area contributed by atoms with E-state index < -0.39 is 12.1 Å². The van der Waals surface area contributed by atoms with Crippen LogP contribution in [-0.2, 0) is 14.3 Å². The maximum absolute atomic E-state index is 12.5. The van der Waals surface area contributed by atoms with E-state index >= 15 is 0 Å². The molecule has 0 fully saturated rings. The van der Waals surface area contributed by atoms with Crippen molar-refractivity contribution in [2.45, 2.75) is 353 Å². The van der Waals surface area contributed by atoms with Gasteiger partial charge in [0, 0.05) is 12.8 Å². The summed E-state index contributed by atoms with van der Waals surface area (Å²) in [6.45, 7) is 4.91. The van der Waals surface area contributed by atoms with Gasteiger partial charge in [0.25, 0.3) is 0 Å². The number of esters is 1. The molecule has 0 aliphatic rings. The standard InChI is InChI=1S/C63H121NO5/c1-3-5-7-9-11-13-15-17-19-24-29-33-37-41-45-49-53-57-63(68)69-58-54-50-46-42-38-34-30-26-23-21-20-22-25-28-32-36-40-44-48-52-56-62(67)64-60(59-65)61(66)55-51-47-43-39-35-31-27-18-16-14-12-10-8-6-4-2/h17,19,51,55,60-61,65-66H,3-16,18,20-50,52-54,56-59H2,1-2H3,(H,64,67)/b19-17-,55-51+. The molecule has 0 bridgehead atoms. The number of rotatable bonds is 58. The zero-order valence-electron chi connectivity index (χ0n) is 46.6. The number of aliphatic hydroxyl groups excluding tert-OH is 2. The van der Waals surface area contributed by atoms with E-state index in [0.29, 0.717) is 19.4 Å². The molecule has 0 rings (SSSR count). The summed E-state index contributed by atoms with van der Waals surface area (Å²) in [4.78, 5) is 24.5. The zero-order chi connectivity index (χ0) is 50.0. The van der Waals surface area contributed by atoms with E-state index in [4.69, 9.17) is 4.74 Å². The minimum atomic E-state index is -0.845. The molecule has 0 heterocycles.